The van der Waals surface area contributed by atoms with E-state index < -0.39 is 6.03 Å². The van der Waals surface area contributed by atoms with Crippen LogP contribution in [0.2, 0.25) is 5.02 Å². The van der Waals surface area contributed by atoms with Gasteiger partial charge in [0.1, 0.15) is 5.75 Å². The standard InChI is InChI=1S/C18H20ClN3O3/c1-12-10-13(19)7-8-16(12)25-9-3-6-17(23)21-14-4-2-5-15(11-14)22-18(20)24/h2,4-5,7-8,10-11H,3,6,9H2,1H3,(H,21,23)(H3,20,22,24). The zero-order chi connectivity index (χ0) is 18.2. The molecule has 0 fully saturated rings. The smallest absolute Gasteiger partial charge is 0.316 e. The lowest BCUT2D eigenvalue weighted by Gasteiger charge is -2.10. The van der Waals surface area contributed by atoms with E-state index in [1.54, 1.807) is 30.3 Å². The second kappa shape index (κ2) is 8.94. The molecule has 0 unspecified atom stereocenters. The molecule has 2 aromatic rings. The molecule has 0 atom stereocenters. The molecule has 0 aliphatic heterocycles. The number of hydrogen-bond donors (Lipinski definition) is 3. The van der Waals surface area contributed by atoms with Gasteiger partial charge in [0.2, 0.25) is 5.91 Å². The number of anilines is 2. The first-order chi connectivity index (χ1) is 11.9. The molecule has 0 aliphatic rings. The van der Waals surface area contributed by atoms with Crippen LogP contribution >= 0.6 is 11.6 Å². The number of carbonyl (C=O) groups is 2. The van der Waals surface area contributed by atoms with E-state index in [0.717, 1.165) is 11.3 Å². The van der Waals surface area contributed by atoms with Gasteiger partial charge >= 0.3 is 6.03 Å². The number of nitrogens with one attached hydrogen (secondary N) is 2. The minimum Gasteiger partial charge on any atom is -0.493 e. The fraction of sp³-hybridized carbons (Fsp3) is 0.222. The first-order valence-corrected chi connectivity index (χ1v) is 8.17. The van der Waals surface area contributed by atoms with Crippen molar-refractivity contribution in [3.05, 3.63) is 53.1 Å². The number of halogens is 1. The first kappa shape index (κ1) is 18.6. The van der Waals surface area contributed by atoms with Crippen molar-refractivity contribution in [2.24, 2.45) is 5.73 Å². The highest BCUT2D eigenvalue weighted by atomic mass is 35.5. The van der Waals surface area contributed by atoms with Crippen molar-refractivity contribution in [2.45, 2.75) is 19.8 Å². The summed E-state index contributed by atoms with van der Waals surface area (Å²) in [5.41, 5.74) is 7.13. The molecule has 3 amide bonds. The maximum atomic E-state index is 12.0. The van der Waals surface area contributed by atoms with Crippen molar-refractivity contribution in [3.8, 4) is 5.75 Å². The summed E-state index contributed by atoms with van der Waals surface area (Å²) in [5, 5.41) is 5.89. The van der Waals surface area contributed by atoms with E-state index in [1.807, 2.05) is 19.1 Å². The molecular formula is C18H20ClN3O3. The zero-order valence-corrected chi connectivity index (χ0v) is 14.6. The number of primary amides is 1. The fourth-order valence-electron chi connectivity index (χ4n) is 2.23. The Morgan fingerprint density at radius 1 is 1.12 bits per heavy atom. The van der Waals surface area contributed by atoms with Crippen LogP contribution in [-0.2, 0) is 4.79 Å². The van der Waals surface area contributed by atoms with Gasteiger partial charge in [-0.1, -0.05) is 17.7 Å². The number of urea groups is 1. The van der Waals surface area contributed by atoms with Gasteiger partial charge in [0, 0.05) is 22.8 Å². The average molecular weight is 362 g/mol. The Kier molecular flexibility index (Phi) is 6.65. The summed E-state index contributed by atoms with van der Waals surface area (Å²) >= 11 is 5.90. The number of hydrogen-bond acceptors (Lipinski definition) is 3. The van der Waals surface area contributed by atoms with Gasteiger partial charge in [-0.15, -0.1) is 0 Å². The number of carbonyl (C=O) groups excluding carboxylic acids is 2. The number of amides is 3. The second-order valence-electron chi connectivity index (χ2n) is 5.48. The molecule has 0 spiro atoms. The van der Waals surface area contributed by atoms with E-state index in [-0.39, 0.29) is 5.91 Å². The molecule has 0 heterocycles. The quantitative estimate of drug-likeness (QED) is 0.652. The third kappa shape index (κ3) is 6.35. The van der Waals surface area contributed by atoms with Crippen LogP contribution in [0, 0.1) is 6.92 Å². The molecule has 0 aromatic heterocycles. The van der Waals surface area contributed by atoms with Crippen molar-refractivity contribution in [1.29, 1.82) is 0 Å². The van der Waals surface area contributed by atoms with Crippen LogP contribution < -0.4 is 21.1 Å². The van der Waals surface area contributed by atoms with Crippen molar-refractivity contribution in [1.82, 2.24) is 0 Å². The van der Waals surface area contributed by atoms with Crippen molar-refractivity contribution in [2.75, 3.05) is 17.2 Å². The lowest BCUT2D eigenvalue weighted by Crippen LogP contribution is -2.19. The van der Waals surface area contributed by atoms with Gasteiger partial charge in [0.15, 0.2) is 0 Å². The highest BCUT2D eigenvalue weighted by Gasteiger charge is 2.05. The Hall–Kier alpha value is -2.73. The number of benzene rings is 2. The molecule has 25 heavy (non-hydrogen) atoms. The van der Waals surface area contributed by atoms with Crippen LogP contribution in [0.4, 0.5) is 16.2 Å². The number of ether oxygens (including phenoxy) is 1. The van der Waals surface area contributed by atoms with Crippen LogP contribution in [0.5, 0.6) is 5.75 Å². The Balaban J connectivity index is 1.76. The topological polar surface area (TPSA) is 93.4 Å². The zero-order valence-electron chi connectivity index (χ0n) is 13.8. The molecule has 0 saturated carbocycles. The Morgan fingerprint density at radius 3 is 2.52 bits per heavy atom. The molecule has 4 N–H and O–H groups in total. The molecule has 2 rings (SSSR count). The monoisotopic (exact) mass is 361 g/mol. The SMILES string of the molecule is Cc1cc(Cl)ccc1OCCCC(=O)Nc1cccc(NC(N)=O)c1. The van der Waals surface area contributed by atoms with Crippen LogP contribution in [0.15, 0.2) is 42.5 Å². The van der Waals surface area contributed by atoms with Gasteiger partial charge in [-0.3, -0.25) is 4.79 Å². The van der Waals surface area contributed by atoms with Crippen molar-refractivity contribution in [3.63, 3.8) is 0 Å². The molecule has 6 nitrogen and oxygen atoms in total. The number of nitrogens with two attached hydrogens (primary N) is 1. The van der Waals surface area contributed by atoms with Crippen LogP contribution in [0.1, 0.15) is 18.4 Å². The van der Waals surface area contributed by atoms with E-state index in [2.05, 4.69) is 10.6 Å². The van der Waals surface area contributed by atoms with Gasteiger partial charge < -0.3 is 21.1 Å². The molecule has 2 aromatic carbocycles. The Labute approximate surface area is 151 Å². The average Bonchev–Trinajstić information content (AvgIpc) is 2.53. The summed E-state index contributed by atoms with van der Waals surface area (Å²) in [6.45, 7) is 2.35. The summed E-state index contributed by atoms with van der Waals surface area (Å²) < 4.78 is 5.66. The first-order valence-electron chi connectivity index (χ1n) is 7.79. The summed E-state index contributed by atoms with van der Waals surface area (Å²) in [7, 11) is 0. The molecular weight excluding hydrogens is 342 g/mol. The van der Waals surface area contributed by atoms with E-state index in [0.29, 0.717) is 35.8 Å². The highest BCUT2D eigenvalue weighted by Crippen LogP contribution is 2.22. The minimum absolute atomic E-state index is 0.132. The summed E-state index contributed by atoms with van der Waals surface area (Å²) in [6.07, 6.45) is 0.896. The van der Waals surface area contributed by atoms with E-state index in [9.17, 15) is 9.59 Å². The van der Waals surface area contributed by atoms with Crippen LogP contribution in [0.25, 0.3) is 0 Å². The van der Waals surface area contributed by atoms with Gasteiger partial charge in [0.05, 0.1) is 6.61 Å². The number of rotatable bonds is 7. The van der Waals surface area contributed by atoms with E-state index in [4.69, 9.17) is 22.1 Å². The maximum absolute atomic E-state index is 12.0. The van der Waals surface area contributed by atoms with Gasteiger partial charge in [-0.2, -0.15) is 0 Å². The lowest BCUT2D eigenvalue weighted by molar-refractivity contribution is -0.116. The normalized spacial score (nSPS) is 10.2. The van der Waals surface area contributed by atoms with Crippen LogP contribution in [0.3, 0.4) is 0 Å². The summed E-state index contributed by atoms with van der Waals surface area (Å²) in [6, 6.07) is 11.5. The van der Waals surface area contributed by atoms with Gasteiger partial charge in [-0.25, -0.2) is 4.79 Å². The molecule has 0 radical (unpaired) electrons. The molecule has 0 aliphatic carbocycles. The third-order valence-electron chi connectivity index (χ3n) is 3.36. The largest absolute Gasteiger partial charge is 0.493 e. The van der Waals surface area contributed by atoms with Gasteiger partial charge in [-0.05, 0) is 55.3 Å². The van der Waals surface area contributed by atoms with Crippen molar-refractivity contribution >= 4 is 34.9 Å². The Bertz CT molecular complexity index is 765. The molecule has 7 heteroatoms. The van der Waals surface area contributed by atoms with Crippen molar-refractivity contribution < 1.29 is 14.3 Å². The Morgan fingerprint density at radius 2 is 1.84 bits per heavy atom. The lowest BCUT2D eigenvalue weighted by atomic mass is 10.2. The molecule has 132 valence electrons. The predicted octanol–water partition coefficient (Wildman–Crippen LogP) is 3.94. The van der Waals surface area contributed by atoms with E-state index >= 15 is 0 Å². The summed E-state index contributed by atoms with van der Waals surface area (Å²) in [4.78, 5) is 22.8. The second-order valence-corrected chi connectivity index (χ2v) is 5.92. The third-order valence-corrected chi connectivity index (χ3v) is 3.59. The fourth-order valence-corrected chi connectivity index (χ4v) is 2.46. The maximum Gasteiger partial charge on any atom is 0.316 e. The predicted molar refractivity (Wildman–Crippen MR) is 99.2 cm³/mol. The van der Waals surface area contributed by atoms with Gasteiger partial charge in [0.25, 0.3) is 0 Å². The molecule has 0 saturated heterocycles. The van der Waals surface area contributed by atoms with E-state index in [1.165, 1.54) is 0 Å². The molecule has 0 bridgehead atoms. The summed E-state index contributed by atoms with van der Waals surface area (Å²) in [5.74, 6) is 0.627. The highest BCUT2D eigenvalue weighted by molar-refractivity contribution is 6.30. The van der Waals surface area contributed by atoms with Crippen LogP contribution in [-0.4, -0.2) is 18.5 Å². The number of aryl methyl sites for hydroxylation is 1. The minimum atomic E-state index is -0.655.